The molecule has 1 fully saturated rings. The number of amides is 2. The number of thiophene rings is 1. The molecule has 78 heavy (non-hydrogen) atoms. The van der Waals surface area contributed by atoms with Crippen LogP contribution in [0.15, 0.2) is 132 Å². The van der Waals surface area contributed by atoms with Crippen molar-refractivity contribution >= 4 is 62.1 Å². The fraction of sp³-hybridized carbons (Fsp3) is 0.344. The molecule has 2 amide bonds. The van der Waals surface area contributed by atoms with E-state index < -0.39 is 34.7 Å². The number of nitrogens with two attached hydrogens (primary N) is 1. The summed E-state index contributed by atoms with van der Waals surface area (Å²) in [6, 6.07) is 38.7. The highest BCUT2D eigenvalue weighted by Gasteiger charge is 2.31. The standard InChI is InChI=1S/C61H71FN10O5S/c1-60(2,59(76)69-48-25-35-78-55(48)43-15-10-14-42(36-43)40-20-18-39(19-21-40)38-70(6)54(58(75)64-5)41-12-8-7-9-13-41)27-34-77-61(3,4)26-24-50(73)65-28-29-71-30-32-72(33-31-71)44-22-23-46-49(37-44)67-56(66-46)52-53(63)51-45(62)16-11-17-47(51)68-57(52)74/h7-23,25,35-37,54,59,69,76H,24,26-34,38H2,1-6H3,(H,64,75)(H,65,73)(H,66,67)(H3,63,68,74)/t54-,59?/m1/s1. The summed E-state index contributed by atoms with van der Waals surface area (Å²) in [4.78, 5) is 57.2. The van der Waals surface area contributed by atoms with Gasteiger partial charge in [0, 0.05) is 77.0 Å². The van der Waals surface area contributed by atoms with Gasteiger partial charge in [0.2, 0.25) is 11.8 Å². The van der Waals surface area contributed by atoms with Crippen LogP contribution in [0.1, 0.15) is 64.1 Å². The number of ether oxygens (including phenoxy) is 1. The van der Waals surface area contributed by atoms with E-state index in [0.717, 1.165) is 82.3 Å². The van der Waals surface area contributed by atoms with Crippen molar-refractivity contribution in [2.24, 2.45) is 5.41 Å². The first kappa shape index (κ1) is 55.3. The smallest absolute Gasteiger partial charge is 0.261 e. The van der Waals surface area contributed by atoms with Crippen molar-refractivity contribution in [3.05, 3.63) is 154 Å². The van der Waals surface area contributed by atoms with Gasteiger partial charge in [-0.05, 0) is 109 Å². The number of pyridine rings is 1. The summed E-state index contributed by atoms with van der Waals surface area (Å²) in [5, 5.41) is 23.1. The molecule has 0 radical (unpaired) electrons. The number of H-pyrrole nitrogens is 2. The number of likely N-dealkylation sites (N-methyl/N-ethyl adjacent to an activating group) is 2. The van der Waals surface area contributed by atoms with Gasteiger partial charge in [-0.25, -0.2) is 9.37 Å². The van der Waals surface area contributed by atoms with Crippen molar-refractivity contribution in [1.82, 2.24) is 35.4 Å². The zero-order valence-corrected chi connectivity index (χ0v) is 46.1. The molecule has 1 aliphatic rings. The summed E-state index contributed by atoms with van der Waals surface area (Å²) < 4.78 is 21.1. The van der Waals surface area contributed by atoms with E-state index in [1.165, 1.54) is 12.1 Å². The van der Waals surface area contributed by atoms with Gasteiger partial charge in [-0.3, -0.25) is 24.2 Å². The summed E-state index contributed by atoms with van der Waals surface area (Å²) in [6.07, 6.45) is 0.636. The maximum atomic E-state index is 14.7. The lowest BCUT2D eigenvalue weighted by atomic mass is 9.87. The van der Waals surface area contributed by atoms with Crippen molar-refractivity contribution in [2.45, 2.75) is 71.4 Å². The van der Waals surface area contributed by atoms with Crippen LogP contribution < -0.4 is 32.1 Å². The number of aromatic amines is 2. The minimum absolute atomic E-state index is 0.0125. The van der Waals surface area contributed by atoms with Crippen LogP contribution in [0.4, 0.5) is 21.5 Å². The highest BCUT2D eigenvalue weighted by molar-refractivity contribution is 7.14. The third-order valence-electron chi connectivity index (χ3n) is 15.0. The first-order valence-corrected chi connectivity index (χ1v) is 27.5. The fourth-order valence-electron chi connectivity index (χ4n) is 10.2. The Morgan fingerprint density at radius 3 is 2.37 bits per heavy atom. The molecule has 8 aromatic rings. The quantitative estimate of drug-likeness (QED) is 0.0319. The number of hydrogen-bond donors (Lipinski definition) is 7. The van der Waals surface area contributed by atoms with E-state index >= 15 is 0 Å². The zero-order chi connectivity index (χ0) is 55.1. The van der Waals surface area contributed by atoms with E-state index in [4.69, 9.17) is 10.5 Å². The number of fused-ring (bicyclic) bond motifs is 2. The van der Waals surface area contributed by atoms with E-state index in [0.29, 0.717) is 50.0 Å². The molecule has 1 unspecified atom stereocenters. The third kappa shape index (κ3) is 12.9. The maximum absolute atomic E-state index is 14.7. The van der Waals surface area contributed by atoms with Crippen LogP contribution in [0.5, 0.6) is 0 Å². The first-order valence-electron chi connectivity index (χ1n) is 26.6. The molecule has 3 aromatic heterocycles. The second-order valence-electron chi connectivity index (χ2n) is 21.5. The van der Waals surface area contributed by atoms with Crippen LogP contribution in [0, 0.1) is 11.2 Å². The molecular formula is C61H71FN10O5S. The van der Waals surface area contributed by atoms with Gasteiger partial charge in [-0.1, -0.05) is 92.7 Å². The number of nitrogens with zero attached hydrogens (tertiary/aromatic N) is 4. The van der Waals surface area contributed by atoms with Crippen molar-refractivity contribution < 1.29 is 23.8 Å². The normalized spacial score (nSPS) is 14.2. The third-order valence-corrected chi connectivity index (χ3v) is 16.0. The van der Waals surface area contributed by atoms with Gasteiger partial charge in [0.25, 0.3) is 5.56 Å². The minimum atomic E-state index is -0.850. The van der Waals surface area contributed by atoms with E-state index in [1.807, 2.05) is 94.7 Å². The van der Waals surface area contributed by atoms with Crippen molar-refractivity contribution in [3.63, 3.8) is 0 Å². The van der Waals surface area contributed by atoms with Gasteiger partial charge in [0.1, 0.15) is 29.5 Å². The van der Waals surface area contributed by atoms with Crippen LogP contribution in [0.3, 0.4) is 0 Å². The van der Waals surface area contributed by atoms with Crippen LogP contribution in [-0.4, -0.2) is 113 Å². The molecule has 8 N–H and O–H groups in total. The van der Waals surface area contributed by atoms with Crippen molar-refractivity contribution in [3.8, 4) is 33.0 Å². The molecule has 2 atom stereocenters. The Bertz CT molecular complexity index is 3420. The number of halogens is 1. The van der Waals surface area contributed by atoms with Gasteiger partial charge in [-0.2, -0.15) is 0 Å². The number of nitrogens with one attached hydrogen (secondary N) is 5. The van der Waals surface area contributed by atoms with Crippen LogP contribution in [-0.2, 0) is 20.9 Å². The molecule has 4 heterocycles. The predicted molar refractivity (Wildman–Crippen MR) is 313 cm³/mol. The minimum Gasteiger partial charge on any atom is -0.397 e. The van der Waals surface area contributed by atoms with Crippen molar-refractivity contribution in [2.75, 3.05) is 75.9 Å². The van der Waals surface area contributed by atoms with E-state index in [2.05, 4.69) is 94.1 Å². The number of hydrogen-bond acceptors (Lipinski definition) is 12. The number of carbonyl (C=O) groups excluding carboxylic acids is 2. The Labute approximate surface area is 459 Å². The molecule has 15 nitrogen and oxygen atoms in total. The zero-order valence-electron chi connectivity index (χ0n) is 45.3. The molecule has 408 valence electrons. The molecule has 0 bridgehead atoms. The molecule has 0 saturated carbocycles. The highest BCUT2D eigenvalue weighted by Crippen LogP contribution is 2.39. The van der Waals surface area contributed by atoms with Gasteiger partial charge in [0.15, 0.2) is 0 Å². The van der Waals surface area contributed by atoms with Crippen LogP contribution in [0.25, 0.3) is 54.9 Å². The van der Waals surface area contributed by atoms with Crippen molar-refractivity contribution in [1.29, 1.82) is 0 Å². The number of rotatable bonds is 22. The Kier molecular flexibility index (Phi) is 17.1. The van der Waals surface area contributed by atoms with Gasteiger partial charge >= 0.3 is 0 Å². The van der Waals surface area contributed by atoms with E-state index in [9.17, 15) is 23.9 Å². The SMILES string of the molecule is CNC(=O)[C@@H](c1ccccc1)N(C)Cc1ccc(-c2cccc(-c3sccc3NC(O)C(C)(C)CCOC(C)(C)CCC(=O)NCCN3CCN(c4ccc5nc(-c6c(N)c7c(F)cccc7[nH]c6=O)[nH]c5c4)CC3)c2)cc1. The number of nitrogen functional groups attached to an aromatic ring is 1. The number of carbonyl (C=O) groups is 2. The predicted octanol–water partition coefficient (Wildman–Crippen LogP) is 9.77. The Balaban J connectivity index is 0.691. The first-order chi connectivity index (χ1) is 37.5. The number of anilines is 3. The summed E-state index contributed by atoms with van der Waals surface area (Å²) in [5.74, 6) is -0.298. The topological polar surface area (TPSA) is 197 Å². The largest absolute Gasteiger partial charge is 0.397 e. The molecule has 5 aromatic carbocycles. The summed E-state index contributed by atoms with van der Waals surface area (Å²) >= 11 is 1.62. The summed E-state index contributed by atoms with van der Waals surface area (Å²) in [7, 11) is 3.64. The highest BCUT2D eigenvalue weighted by atomic mass is 32.1. The Hall–Kier alpha value is -7.41. The molecule has 1 aliphatic heterocycles. The average molecular weight is 1080 g/mol. The average Bonchev–Trinajstić information content (AvgIpc) is 4.18. The molecular weight excluding hydrogens is 1000 g/mol. The number of piperazine rings is 1. The number of benzene rings is 5. The van der Waals surface area contributed by atoms with Gasteiger partial charge < -0.3 is 46.4 Å². The van der Waals surface area contributed by atoms with E-state index in [1.54, 1.807) is 24.5 Å². The van der Waals surface area contributed by atoms with Gasteiger partial charge in [0.05, 0.1) is 43.8 Å². The lowest BCUT2D eigenvalue weighted by Crippen LogP contribution is -2.48. The lowest BCUT2D eigenvalue weighted by Gasteiger charge is -2.36. The summed E-state index contributed by atoms with van der Waals surface area (Å²) in [5.41, 5.74) is 13.9. The maximum Gasteiger partial charge on any atom is 0.261 e. The second kappa shape index (κ2) is 24.1. The second-order valence-corrected chi connectivity index (χ2v) is 22.5. The number of aromatic nitrogens is 3. The molecule has 0 spiro atoms. The van der Waals surface area contributed by atoms with Gasteiger partial charge in [-0.15, -0.1) is 11.3 Å². The Morgan fingerprint density at radius 2 is 1.62 bits per heavy atom. The molecule has 0 aliphatic carbocycles. The van der Waals surface area contributed by atoms with Crippen LogP contribution in [0.2, 0.25) is 0 Å². The summed E-state index contributed by atoms with van der Waals surface area (Å²) in [6.45, 7) is 13.6. The Morgan fingerprint density at radius 1 is 0.872 bits per heavy atom. The molecule has 1 saturated heterocycles. The number of imidazole rings is 1. The van der Waals surface area contributed by atoms with E-state index in [-0.39, 0.29) is 34.3 Å². The van der Waals surface area contributed by atoms with Crippen LogP contribution >= 0.6 is 11.3 Å². The molecule has 9 rings (SSSR count). The monoisotopic (exact) mass is 1070 g/mol. The number of aliphatic hydroxyl groups is 1. The fourth-order valence-corrected chi connectivity index (χ4v) is 11.0. The lowest BCUT2D eigenvalue weighted by molar-refractivity contribution is -0.126. The number of aliphatic hydroxyl groups excluding tert-OH is 1. The molecule has 17 heteroatoms.